The molecule has 0 bridgehead atoms. The predicted molar refractivity (Wildman–Crippen MR) is 115 cm³/mol. The molecule has 0 radical (unpaired) electrons. The van der Waals surface area contributed by atoms with Crippen LogP contribution in [-0.2, 0) is 19.1 Å². The van der Waals surface area contributed by atoms with Crippen LogP contribution in [0.25, 0.3) is 0 Å². The fraction of sp³-hybridized carbons (Fsp3) is 0.875. The van der Waals surface area contributed by atoms with Gasteiger partial charge < -0.3 is 9.84 Å². The van der Waals surface area contributed by atoms with Crippen molar-refractivity contribution in [3.05, 3.63) is 0 Å². The van der Waals surface area contributed by atoms with Crippen molar-refractivity contribution in [2.45, 2.75) is 116 Å². The van der Waals surface area contributed by atoms with Gasteiger partial charge in [0.1, 0.15) is 5.78 Å². The Morgan fingerprint density at radius 1 is 1.00 bits per heavy atom. The zero-order valence-electron chi connectivity index (χ0n) is 19.2. The Kier molecular flexibility index (Phi) is 13.1. The van der Waals surface area contributed by atoms with Crippen LogP contribution in [0.3, 0.4) is 0 Å². The quantitative estimate of drug-likeness (QED) is 0.262. The SMILES string of the molecule is CCCCO[C@@H]1CC(=O)[C@H](CCCCCCC(=O)O)[C@H]1CCC(=O)C(F)(F)CCCC. The van der Waals surface area contributed by atoms with Gasteiger partial charge in [-0.1, -0.05) is 46.0 Å². The van der Waals surface area contributed by atoms with Crippen LogP contribution in [0.4, 0.5) is 8.78 Å². The number of alkyl halides is 2. The molecule has 0 aliphatic heterocycles. The Hall–Kier alpha value is -1.37. The van der Waals surface area contributed by atoms with Crippen molar-refractivity contribution in [3.63, 3.8) is 0 Å². The molecule has 0 aromatic carbocycles. The molecule has 0 aromatic heterocycles. The molecule has 3 atom stereocenters. The van der Waals surface area contributed by atoms with Gasteiger partial charge in [-0.25, -0.2) is 0 Å². The summed E-state index contributed by atoms with van der Waals surface area (Å²) in [4.78, 5) is 35.4. The number of hydrogen-bond donors (Lipinski definition) is 1. The first-order valence-electron chi connectivity index (χ1n) is 12.0. The van der Waals surface area contributed by atoms with E-state index in [-0.39, 0.29) is 43.0 Å². The summed E-state index contributed by atoms with van der Waals surface area (Å²) in [5.74, 6) is -5.49. The molecule has 1 N–H and O–H groups in total. The second-order valence-corrected chi connectivity index (χ2v) is 8.82. The number of ether oxygens (including phenoxy) is 1. The van der Waals surface area contributed by atoms with E-state index >= 15 is 0 Å². The molecule has 0 spiro atoms. The van der Waals surface area contributed by atoms with E-state index in [1.807, 2.05) is 13.8 Å². The van der Waals surface area contributed by atoms with E-state index in [1.165, 1.54) is 0 Å². The van der Waals surface area contributed by atoms with E-state index < -0.39 is 24.1 Å². The molecule has 7 heteroatoms. The molecule has 1 aliphatic rings. The first kappa shape index (κ1) is 27.7. The van der Waals surface area contributed by atoms with E-state index in [0.29, 0.717) is 38.7 Å². The average Bonchev–Trinajstić information content (AvgIpc) is 3.01. The van der Waals surface area contributed by atoms with Gasteiger partial charge >= 0.3 is 11.9 Å². The van der Waals surface area contributed by atoms with Crippen molar-refractivity contribution in [2.75, 3.05) is 6.61 Å². The Morgan fingerprint density at radius 3 is 2.32 bits per heavy atom. The van der Waals surface area contributed by atoms with Crippen LogP contribution >= 0.6 is 0 Å². The van der Waals surface area contributed by atoms with Crippen LogP contribution in [0.2, 0.25) is 0 Å². The number of ketones is 2. The molecule has 5 nitrogen and oxygen atoms in total. The Bertz CT molecular complexity index is 564. The molecule has 1 saturated carbocycles. The van der Waals surface area contributed by atoms with Crippen molar-refractivity contribution in [3.8, 4) is 0 Å². The van der Waals surface area contributed by atoms with E-state index in [9.17, 15) is 23.2 Å². The summed E-state index contributed by atoms with van der Waals surface area (Å²) in [5, 5.41) is 8.70. The van der Waals surface area contributed by atoms with Gasteiger partial charge in [-0.05, 0) is 38.0 Å². The van der Waals surface area contributed by atoms with Gasteiger partial charge in [0.15, 0.2) is 0 Å². The number of carboxylic acids is 1. The molecule has 1 aliphatic carbocycles. The number of carboxylic acid groups (broad SMARTS) is 1. The first-order chi connectivity index (χ1) is 14.7. The van der Waals surface area contributed by atoms with Crippen LogP contribution in [-0.4, -0.2) is 41.3 Å². The van der Waals surface area contributed by atoms with Gasteiger partial charge in [0.25, 0.3) is 0 Å². The minimum atomic E-state index is -3.29. The zero-order chi connectivity index (χ0) is 23.3. The summed E-state index contributed by atoms with van der Waals surface area (Å²) < 4.78 is 34.1. The third-order valence-corrected chi connectivity index (χ3v) is 6.25. The lowest BCUT2D eigenvalue weighted by molar-refractivity contribution is -0.144. The van der Waals surface area contributed by atoms with Crippen LogP contribution in [0.15, 0.2) is 0 Å². The zero-order valence-corrected chi connectivity index (χ0v) is 19.2. The normalized spacial score (nSPS) is 21.5. The summed E-state index contributed by atoms with van der Waals surface area (Å²) in [6.07, 6.45) is 6.18. The number of aliphatic carboxylic acids is 1. The molecule has 0 unspecified atom stereocenters. The van der Waals surface area contributed by atoms with Gasteiger partial charge in [-0.2, -0.15) is 8.78 Å². The van der Waals surface area contributed by atoms with Crippen LogP contribution in [0.5, 0.6) is 0 Å². The fourth-order valence-electron chi connectivity index (χ4n) is 4.34. The van der Waals surface area contributed by atoms with Crippen LogP contribution < -0.4 is 0 Å². The third kappa shape index (κ3) is 10.2. The van der Waals surface area contributed by atoms with Crippen molar-refractivity contribution in [1.29, 1.82) is 0 Å². The van der Waals surface area contributed by atoms with Crippen LogP contribution in [0.1, 0.15) is 104 Å². The molecule has 31 heavy (non-hydrogen) atoms. The van der Waals surface area contributed by atoms with Crippen molar-refractivity contribution >= 4 is 17.5 Å². The molecular weight excluding hydrogens is 406 g/mol. The van der Waals surface area contributed by atoms with Gasteiger partial charge in [0.2, 0.25) is 5.78 Å². The molecule has 180 valence electrons. The molecule has 0 heterocycles. The lowest BCUT2D eigenvalue weighted by Crippen LogP contribution is -2.31. The van der Waals surface area contributed by atoms with Crippen molar-refractivity contribution in [2.24, 2.45) is 11.8 Å². The predicted octanol–water partition coefficient (Wildman–Crippen LogP) is 5.98. The van der Waals surface area contributed by atoms with Gasteiger partial charge in [-0.3, -0.25) is 14.4 Å². The van der Waals surface area contributed by atoms with Crippen molar-refractivity contribution < 1.29 is 33.0 Å². The highest BCUT2D eigenvalue weighted by Crippen LogP contribution is 2.39. The molecular formula is C24H40F2O5. The van der Waals surface area contributed by atoms with E-state index in [2.05, 4.69) is 0 Å². The summed E-state index contributed by atoms with van der Waals surface area (Å²) in [6.45, 7) is 4.40. The average molecular weight is 447 g/mol. The maximum atomic E-state index is 14.1. The summed E-state index contributed by atoms with van der Waals surface area (Å²) in [7, 11) is 0. The monoisotopic (exact) mass is 446 g/mol. The second kappa shape index (κ2) is 14.6. The standard InChI is InChI=1S/C24H40F2O5/c1-3-5-15-24(25,26)22(28)14-13-19-18(11-9-7-8-10-12-23(29)30)20(27)17-21(19)31-16-6-4-2/h18-19,21H,3-17H2,1-2H3,(H,29,30)/t18-,19-,21-/m1/s1. The maximum Gasteiger partial charge on any atom is 0.305 e. The largest absolute Gasteiger partial charge is 0.481 e. The van der Waals surface area contributed by atoms with E-state index in [4.69, 9.17) is 9.84 Å². The van der Waals surface area contributed by atoms with Crippen LogP contribution in [0, 0.1) is 11.8 Å². The number of carbonyl (C=O) groups is 3. The highest BCUT2D eigenvalue weighted by molar-refractivity contribution is 5.86. The van der Waals surface area contributed by atoms with Crippen molar-refractivity contribution in [1.82, 2.24) is 0 Å². The first-order valence-corrected chi connectivity index (χ1v) is 12.0. The number of halogens is 2. The molecule has 1 fully saturated rings. The molecule has 0 amide bonds. The number of hydrogen-bond acceptors (Lipinski definition) is 4. The Balaban J connectivity index is 2.65. The maximum absolute atomic E-state index is 14.1. The third-order valence-electron chi connectivity index (χ3n) is 6.25. The molecule has 1 rings (SSSR count). The number of Topliss-reactive ketones (excluding diaryl/α,β-unsaturated/α-hetero) is 2. The minimum absolute atomic E-state index is 0.0993. The number of rotatable bonds is 18. The smallest absolute Gasteiger partial charge is 0.305 e. The highest BCUT2D eigenvalue weighted by atomic mass is 19.3. The summed E-state index contributed by atoms with van der Waals surface area (Å²) in [5.41, 5.74) is 0. The minimum Gasteiger partial charge on any atom is -0.481 e. The van der Waals surface area contributed by atoms with E-state index in [1.54, 1.807) is 0 Å². The van der Waals surface area contributed by atoms with Gasteiger partial charge in [-0.15, -0.1) is 0 Å². The van der Waals surface area contributed by atoms with E-state index in [0.717, 1.165) is 32.1 Å². The van der Waals surface area contributed by atoms with Gasteiger partial charge in [0.05, 0.1) is 6.10 Å². The number of unbranched alkanes of at least 4 members (excludes halogenated alkanes) is 5. The Labute approximate surface area is 185 Å². The summed E-state index contributed by atoms with van der Waals surface area (Å²) >= 11 is 0. The molecule has 0 saturated heterocycles. The lowest BCUT2D eigenvalue weighted by atomic mass is 9.84. The summed E-state index contributed by atoms with van der Waals surface area (Å²) in [6, 6.07) is 0. The molecule has 0 aromatic rings. The Morgan fingerprint density at radius 2 is 1.68 bits per heavy atom. The fourth-order valence-corrected chi connectivity index (χ4v) is 4.34. The lowest BCUT2D eigenvalue weighted by Gasteiger charge is -2.25. The topological polar surface area (TPSA) is 80.7 Å². The van der Waals surface area contributed by atoms with Gasteiger partial charge in [0, 0.05) is 38.2 Å². The second-order valence-electron chi connectivity index (χ2n) is 8.82. The highest BCUT2D eigenvalue weighted by Gasteiger charge is 2.44. The number of carbonyl (C=O) groups excluding carboxylic acids is 2.